The highest BCUT2D eigenvalue weighted by molar-refractivity contribution is 5.30. The molecule has 0 fully saturated rings. The summed E-state index contributed by atoms with van der Waals surface area (Å²) in [5, 5.41) is 0. The number of nitrogens with zero attached hydrogens (tertiary/aromatic N) is 2. The molecule has 3 heteroatoms. The van der Waals surface area contributed by atoms with Gasteiger partial charge in [0.25, 0.3) is 0 Å². The van der Waals surface area contributed by atoms with E-state index < -0.39 is 0 Å². The van der Waals surface area contributed by atoms with Gasteiger partial charge in [-0.05, 0) is 11.8 Å². The second-order valence-electron chi connectivity index (χ2n) is 5.76. The average molecular weight is 248 g/mol. The van der Waals surface area contributed by atoms with Crippen molar-refractivity contribution in [2.24, 2.45) is 5.92 Å². The van der Waals surface area contributed by atoms with E-state index in [9.17, 15) is 0 Å². The first-order valence-corrected chi connectivity index (χ1v) is 7.03. The van der Waals surface area contributed by atoms with Crippen molar-refractivity contribution >= 4 is 0 Å². The highest BCUT2D eigenvalue weighted by Crippen LogP contribution is 2.28. The fraction of sp³-hybridized carbons (Fsp3) is 0.733. The van der Waals surface area contributed by atoms with Crippen LogP contribution in [0.2, 0.25) is 0 Å². The van der Waals surface area contributed by atoms with Gasteiger partial charge in [-0.15, -0.1) is 0 Å². The minimum Gasteiger partial charge on any atom is -0.373 e. The van der Waals surface area contributed by atoms with Gasteiger partial charge in [0.05, 0.1) is 24.1 Å². The molecular weight excluding hydrogens is 224 g/mol. The molecule has 0 bridgehead atoms. The van der Waals surface area contributed by atoms with E-state index in [4.69, 9.17) is 9.72 Å². The summed E-state index contributed by atoms with van der Waals surface area (Å²) in [6.07, 6.45) is 2.14. The standard InChI is InChI=1S/C15H24N2O/c1-6-14-16-12-7-13(9(2)3)18-8-11(12)15(17-14)10(4)5/h9-10,13H,6-8H2,1-5H3/t13-/m0/s1. The molecule has 0 aromatic carbocycles. The zero-order chi connectivity index (χ0) is 13.3. The van der Waals surface area contributed by atoms with Crippen molar-refractivity contribution in [3.63, 3.8) is 0 Å². The predicted octanol–water partition coefficient (Wildman–Crippen LogP) is 3.26. The Balaban J connectivity index is 2.40. The Hall–Kier alpha value is -0.960. The predicted molar refractivity (Wildman–Crippen MR) is 72.6 cm³/mol. The highest BCUT2D eigenvalue weighted by Gasteiger charge is 2.26. The van der Waals surface area contributed by atoms with Crippen molar-refractivity contribution in [3.8, 4) is 0 Å². The van der Waals surface area contributed by atoms with Crippen LogP contribution in [0, 0.1) is 5.92 Å². The normalized spacial score (nSPS) is 19.4. The molecule has 0 saturated carbocycles. The van der Waals surface area contributed by atoms with Crippen LogP contribution in [-0.2, 0) is 24.2 Å². The smallest absolute Gasteiger partial charge is 0.128 e. The number of ether oxygens (including phenoxy) is 1. The molecule has 1 atom stereocenters. The Kier molecular flexibility index (Phi) is 4.00. The Morgan fingerprint density at radius 2 is 1.94 bits per heavy atom. The largest absolute Gasteiger partial charge is 0.373 e. The summed E-state index contributed by atoms with van der Waals surface area (Å²) in [7, 11) is 0. The molecule has 0 saturated heterocycles. The summed E-state index contributed by atoms with van der Waals surface area (Å²) in [6.45, 7) is 11.6. The minimum atomic E-state index is 0.303. The van der Waals surface area contributed by atoms with Crippen LogP contribution < -0.4 is 0 Å². The summed E-state index contributed by atoms with van der Waals surface area (Å²) >= 11 is 0. The van der Waals surface area contributed by atoms with Crippen molar-refractivity contribution in [1.29, 1.82) is 0 Å². The van der Waals surface area contributed by atoms with Crippen LogP contribution in [-0.4, -0.2) is 16.1 Å². The summed E-state index contributed by atoms with van der Waals surface area (Å²) in [6, 6.07) is 0. The number of hydrogen-bond donors (Lipinski definition) is 0. The SMILES string of the molecule is CCc1nc2c(c(C(C)C)n1)CO[C@H](C(C)C)C2. The van der Waals surface area contributed by atoms with Crippen LogP contribution in [0.4, 0.5) is 0 Å². The first-order valence-electron chi connectivity index (χ1n) is 7.03. The molecule has 0 amide bonds. The van der Waals surface area contributed by atoms with E-state index in [0.29, 0.717) is 24.5 Å². The van der Waals surface area contributed by atoms with E-state index in [1.54, 1.807) is 0 Å². The van der Waals surface area contributed by atoms with E-state index in [1.165, 1.54) is 17.0 Å². The maximum absolute atomic E-state index is 5.95. The summed E-state index contributed by atoms with van der Waals surface area (Å²) < 4.78 is 5.95. The third-order valence-corrected chi connectivity index (χ3v) is 3.61. The minimum absolute atomic E-state index is 0.303. The molecule has 0 N–H and O–H groups in total. The van der Waals surface area contributed by atoms with Crippen LogP contribution >= 0.6 is 0 Å². The zero-order valence-electron chi connectivity index (χ0n) is 12.2. The summed E-state index contributed by atoms with van der Waals surface area (Å²) in [4.78, 5) is 9.40. The van der Waals surface area contributed by atoms with Crippen LogP contribution in [0.3, 0.4) is 0 Å². The van der Waals surface area contributed by atoms with Gasteiger partial charge in [0.2, 0.25) is 0 Å². The molecular formula is C15H24N2O. The van der Waals surface area contributed by atoms with Gasteiger partial charge in [-0.3, -0.25) is 0 Å². The lowest BCUT2D eigenvalue weighted by Gasteiger charge is -2.29. The number of hydrogen-bond acceptors (Lipinski definition) is 3. The van der Waals surface area contributed by atoms with Gasteiger partial charge in [-0.2, -0.15) is 0 Å². The first-order chi connectivity index (χ1) is 8.52. The van der Waals surface area contributed by atoms with Crippen molar-refractivity contribution in [1.82, 2.24) is 9.97 Å². The second-order valence-corrected chi connectivity index (χ2v) is 5.76. The van der Waals surface area contributed by atoms with E-state index in [1.807, 2.05) is 0 Å². The first kappa shape index (κ1) is 13.5. The molecule has 0 radical (unpaired) electrons. The van der Waals surface area contributed by atoms with E-state index in [0.717, 1.165) is 18.7 Å². The van der Waals surface area contributed by atoms with Gasteiger partial charge >= 0.3 is 0 Å². The maximum Gasteiger partial charge on any atom is 0.128 e. The molecule has 0 spiro atoms. The van der Waals surface area contributed by atoms with E-state index in [-0.39, 0.29) is 0 Å². The van der Waals surface area contributed by atoms with Crippen LogP contribution in [0.1, 0.15) is 63.3 Å². The Labute approximate surface area is 110 Å². The lowest BCUT2D eigenvalue weighted by molar-refractivity contribution is -0.00247. The van der Waals surface area contributed by atoms with Gasteiger partial charge in [0, 0.05) is 18.4 Å². The Morgan fingerprint density at radius 1 is 1.22 bits per heavy atom. The second kappa shape index (κ2) is 5.35. The van der Waals surface area contributed by atoms with E-state index in [2.05, 4.69) is 39.6 Å². The fourth-order valence-electron chi connectivity index (χ4n) is 2.43. The molecule has 1 aliphatic heterocycles. The molecule has 0 unspecified atom stereocenters. The van der Waals surface area contributed by atoms with Gasteiger partial charge in [0.15, 0.2) is 0 Å². The van der Waals surface area contributed by atoms with Crippen molar-refractivity contribution in [3.05, 3.63) is 22.8 Å². The molecule has 1 aromatic rings. The molecule has 2 rings (SSSR count). The quantitative estimate of drug-likeness (QED) is 0.823. The third kappa shape index (κ3) is 2.56. The lowest BCUT2D eigenvalue weighted by Crippen LogP contribution is -2.30. The maximum atomic E-state index is 5.95. The molecule has 1 aliphatic rings. The summed E-state index contributed by atoms with van der Waals surface area (Å²) in [5.41, 5.74) is 3.63. The summed E-state index contributed by atoms with van der Waals surface area (Å²) in [5.74, 6) is 1.95. The Bertz CT molecular complexity index is 427. The third-order valence-electron chi connectivity index (χ3n) is 3.61. The molecule has 0 aliphatic carbocycles. The van der Waals surface area contributed by atoms with Gasteiger partial charge in [-0.1, -0.05) is 34.6 Å². The number of rotatable bonds is 3. The van der Waals surface area contributed by atoms with Crippen molar-refractivity contribution in [2.45, 2.75) is 66.1 Å². The van der Waals surface area contributed by atoms with Crippen LogP contribution in [0.5, 0.6) is 0 Å². The van der Waals surface area contributed by atoms with Crippen LogP contribution in [0.25, 0.3) is 0 Å². The molecule has 2 heterocycles. The monoisotopic (exact) mass is 248 g/mol. The van der Waals surface area contributed by atoms with Gasteiger partial charge < -0.3 is 4.74 Å². The van der Waals surface area contributed by atoms with Crippen molar-refractivity contribution in [2.75, 3.05) is 0 Å². The number of aromatic nitrogens is 2. The van der Waals surface area contributed by atoms with Gasteiger partial charge in [-0.25, -0.2) is 9.97 Å². The number of fused-ring (bicyclic) bond motifs is 1. The van der Waals surface area contributed by atoms with Crippen LogP contribution in [0.15, 0.2) is 0 Å². The molecule has 3 nitrogen and oxygen atoms in total. The highest BCUT2D eigenvalue weighted by atomic mass is 16.5. The van der Waals surface area contributed by atoms with Gasteiger partial charge in [0.1, 0.15) is 5.82 Å². The average Bonchev–Trinajstić information content (AvgIpc) is 2.36. The topological polar surface area (TPSA) is 35.0 Å². The Morgan fingerprint density at radius 3 is 2.50 bits per heavy atom. The molecule has 1 aromatic heterocycles. The zero-order valence-corrected chi connectivity index (χ0v) is 12.2. The fourth-order valence-corrected chi connectivity index (χ4v) is 2.43. The van der Waals surface area contributed by atoms with Crippen molar-refractivity contribution < 1.29 is 4.74 Å². The number of aryl methyl sites for hydroxylation is 1. The molecule has 100 valence electrons. The van der Waals surface area contributed by atoms with E-state index >= 15 is 0 Å². The molecule has 18 heavy (non-hydrogen) atoms. The lowest BCUT2D eigenvalue weighted by atomic mass is 9.93.